The van der Waals surface area contributed by atoms with E-state index in [1.807, 2.05) is 13.8 Å². The Labute approximate surface area is 106 Å². The predicted molar refractivity (Wildman–Crippen MR) is 71.1 cm³/mol. The summed E-state index contributed by atoms with van der Waals surface area (Å²) >= 11 is 0. The van der Waals surface area contributed by atoms with Crippen molar-refractivity contribution >= 4 is 0 Å². The summed E-state index contributed by atoms with van der Waals surface area (Å²) in [5.41, 5.74) is -0.523. The Bertz CT molecular complexity index is 227. The maximum atomic E-state index is 9.83. The second-order valence-electron chi connectivity index (χ2n) is 6.56. The minimum atomic E-state index is -0.523. The molecule has 0 aromatic heterocycles. The topological polar surface area (TPSA) is 35.5 Å². The van der Waals surface area contributed by atoms with Crippen molar-refractivity contribution < 1.29 is 5.11 Å². The molecule has 2 aliphatic rings. The highest BCUT2D eigenvalue weighted by Gasteiger charge is 2.27. The number of rotatable bonds is 7. The third kappa shape index (κ3) is 5.36. The fourth-order valence-corrected chi connectivity index (χ4v) is 2.58. The molecule has 2 N–H and O–H groups in total. The lowest BCUT2D eigenvalue weighted by Crippen LogP contribution is -2.40. The Kier molecular flexibility index (Phi) is 4.45. The van der Waals surface area contributed by atoms with Crippen LogP contribution in [0.5, 0.6) is 0 Å². The molecular formula is C14H28N2O. The molecule has 0 aromatic carbocycles. The molecule has 3 heteroatoms. The van der Waals surface area contributed by atoms with Gasteiger partial charge in [0.1, 0.15) is 0 Å². The number of aliphatic hydroxyl groups is 1. The van der Waals surface area contributed by atoms with Gasteiger partial charge in [0, 0.05) is 25.7 Å². The van der Waals surface area contributed by atoms with Gasteiger partial charge in [0.15, 0.2) is 0 Å². The van der Waals surface area contributed by atoms with E-state index in [1.54, 1.807) is 0 Å². The smallest absolute Gasteiger partial charge is 0.0603 e. The van der Waals surface area contributed by atoms with Gasteiger partial charge in [0.25, 0.3) is 0 Å². The quantitative estimate of drug-likeness (QED) is 0.710. The standard InChI is InChI=1S/C14H28N2O/c1-14(2,17)7-9-16(10-12-5-6-12)11-13-4-3-8-15-13/h12-13,15,17H,3-11H2,1-2H3. The van der Waals surface area contributed by atoms with Crippen molar-refractivity contribution in [2.45, 2.75) is 57.6 Å². The summed E-state index contributed by atoms with van der Waals surface area (Å²) < 4.78 is 0. The first-order valence-corrected chi connectivity index (χ1v) is 7.21. The minimum Gasteiger partial charge on any atom is -0.390 e. The molecule has 1 unspecified atom stereocenters. The normalized spacial score (nSPS) is 25.8. The van der Waals surface area contributed by atoms with Crippen LogP contribution in [0.15, 0.2) is 0 Å². The van der Waals surface area contributed by atoms with Gasteiger partial charge >= 0.3 is 0 Å². The van der Waals surface area contributed by atoms with Crippen LogP contribution in [0.25, 0.3) is 0 Å². The molecule has 0 radical (unpaired) electrons. The first-order chi connectivity index (χ1) is 8.03. The molecule has 0 spiro atoms. The Hall–Kier alpha value is -0.120. The zero-order valence-electron chi connectivity index (χ0n) is 11.4. The lowest BCUT2D eigenvalue weighted by molar-refractivity contribution is 0.0558. The fraction of sp³-hybridized carbons (Fsp3) is 1.00. The summed E-state index contributed by atoms with van der Waals surface area (Å²) in [6.07, 6.45) is 6.36. The molecule has 0 bridgehead atoms. The van der Waals surface area contributed by atoms with Gasteiger partial charge in [0.2, 0.25) is 0 Å². The average Bonchev–Trinajstić information content (AvgIpc) is 2.89. The summed E-state index contributed by atoms with van der Waals surface area (Å²) in [5.74, 6) is 0.943. The van der Waals surface area contributed by atoms with Crippen LogP contribution in [0.4, 0.5) is 0 Å². The van der Waals surface area contributed by atoms with Crippen molar-refractivity contribution in [3.05, 3.63) is 0 Å². The van der Waals surface area contributed by atoms with Crippen molar-refractivity contribution in [1.82, 2.24) is 10.2 Å². The van der Waals surface area contributed by atoms with Crippen molar-refractivity contribution in [1.29, 1.82) is 0 Å². The van der Waals surface area contributed by atoms with E-state index in [4.69, 9.17) is 0 Å². The molecule has 0 amide bonds. The molecule has 100 valence electrons. The van der Waals surface area contributed by atoms with Crippen LogP contribution in [0, 0.1) is 5.92 Å². The van der Waals surface area contributed by atoms with E-state index >= 15 is 0 Å². The Morgan fingerprint density at radius 3 is 2.53 bits per heavy atom. The van der Waals surface area contributed by atoms with Crippen LogP contribution in [0.3, 0.4) is 0 Å². The van der Waals surface area contributed by atoms with E-state index in [0.29, 0.717) is 6.04 Å². The minimum absolute atomic E-state index is 0.523. The highest BCUT2D eigenvalue weighted by molar-refractivity contribution is 4.83. The molecule has 0 aromatic rings. The molecule has 2 rings (SSSR count). The summed E-state index contributed by atoms with van der Waals surface area (Å²) in [6.45, 7) is 8.47. The van der Waals surface area contributed by atoms with Crippen LogP contribution < -0.4 is 5.32 Å². The van der Waals surface area contributed by atoms with E-state index in [9.17, 15) is 5.11 Å². The van der Waals surface area contributed by atoms with Crippen molar-refractivity contribution in [3.8, 4) is 0 Å². The first kappa shape index (κ1) is 13.3. The van der Waals surface area contributed by atoms with Gasteiger partial charge in [0.05, 0.1) is 5.60 Å². The zero-order chi connectivity index (χ0) is 12.3. The molecular weight excluding hydrogens is 212 g/mol. The first-order valence-electron chi connectivity index (χ1n) is 7.21. The molecule has 3 nitrogen and oxygen atoms in total. The number of hydrogen-bond donors (Lipinski definition) is 2. The van der Waals surface area contributed by atoms with Gasteiger partial charge in [-0.3, -0.25) is 0 Å². The van der Waals surface area contributed by atoms with E-state index in [1.165, 1.54) is 45.3 Å². The Morgan fingerprint density at radius 1 is 1.24 bits per heavy atom. The van der Waals surface area contributed by atoms with Gasteiger partial charge in [-0.2, -0.15) is 0 Å². The lowest BCUT2D eigenvalue weighted by atomic mass is 10.0. The lowest BCUT2D eigenvalue weighted by Gasteiger charge is -2.28. The van der Waals surface area contributed by atoms with E-state index in [2.05, 4.69) is 10.2 Å². The Morgan fingerprint density at radius 2 is 2.00 bits per heavy atom. The van der Waals surface area contributed by atoms with Crippen molar-refractivity contribution in [2.24, 2.45) is 5.92 Å². The molecule has 1 saturated heterocycles. The molecule has 1 atom stereocenters. The van der Waals surface area contributed by atoms with E-state index in [-0.39, 0.29) is 0 Å². The van der Waals surface area contributed by atoms with Gasteiger partial charge in [-0.05, 0) is 58.4 Å². The second kappa shape index (κ2) is 5.68. The number of nitrogens with one attached hydrogen (secondary N) is 1. The van der Waals surface area contributed by atoms with Crippen LogP contribution in [0.2, 0.25) is 0 Å². The maximum absolute atomic E-state index is 9.83. The summed E-state index contributed by atoms with van der Waals surface area (Å²) in [4.78, 5) is 2.57. The molecule has 1 saturated carbocycles. The second-order valence-corrected chi connectivity index (χ2v) is 6.56. The van der Waals surface area contributed by atoms with Gasteiger partial charge in [-0.15, -0.1) is 0 Å². The number of hydrogen-bond acceptors (Lipinski definition) is 3. The SMILES string of the molecule is CC(C)(O)CCN(CC1CC1)CC1CCCN1. The fourth-order valence-electron chi connectivity index (χ4n) is 2.58. The van der Waals surface area contributed by atoms with Gasteiger partial charge in [-0.25, -0.2) is 0 Å². The zero-order valence-corrected chi connectivity index (χ0v) is 11.4. The third-order valence-electron chi connectivity index (χ3n) is 3.89. The van der Waals surface area contributed by atoms with E-state index in [0.717, 1.165) is 18.9 Å². The molecule has 17 heavy (non-hydrogen) atoms. The Balaban J connectivity index is 1.74. The van der Waals surface area contributed by atoms with Crippen LogP contribution >= 0.6 is 0 Å². The largest absolute Gasteiger partial charge is 0.390 e. The highest BCUT2D eigenvalue weighted by Crippen LogP contribution is 2.30. The molecule has 2 fully saturated rings. The third-order valence-corrected chi connectivity index (χ3v) is 3.89. The molecule has 1 aliphatic heterocycles. The predicted octanol–water partition coefficient (Wildman–Crippen LogP) is 1.61. The number of nitrogens with zero attached hydrogens (tertiary/aromatic N) is 1. The van der Waals surface area contributed by atoms with Gasteiger partial charge < -0.3 is 15.3 Å². The van der Waals surface area contributed by atoms with Gasteiger partial charge in [-0.1, -0.05) is 0 Å². The van der Waals surface area contributed by atoms with Crippen LogP contribution in [-0.4, -0.2) is 47.8 Å². The molecule has 1 heterocycles. The maximum Gasteiger partial charge on any atom is 0.0603 e. The van der Waals surface area contributed by atoms with Crippen LogP contribution in [-0.2, 0) is 0 Å². The molecule has 1 aliphatic carbocycles. The van der Waals surface area contributed by atoms with Crippen LogP contribution in [0.1, 0.15) is 46.0 Å². The monoisotopic (exact) mass is 240 g/mol. The van der Waals surface area contributed by atoms with Crippen molar-refractivity contribution in [3.63, 3.8) is 0 Å². The van der Waals surface area contributed by atoms with E-state index < -0.39 is 5.60 Å². The summed E-state index contributed by atoms with van der Waals surface area (Å²) in [5, 5.41) is 13.4. The summed E-state index contributed by atoms with van der Waals surface area (Å²) in [6, 6.07) is 0.690. The average molecular weight is 240 g/mol. The van der Waals surface area contributed by atoms with Crippen molar-refractivity contribution in [2.75, 3.05) is 26.2 Å². The highest BCUT2D eigenvalue weighted by atomic mass is 16.3. The summed E-state index contributed by atoms with van der Waals surface area (Å²) in [7, 11) is 0.